The third-order valence-electron chi connectivity index (χ3n) is 4.33. The van der Waals surface area contributed by atoms with Crippen molar-refractivity contribution in [3.05, 3.63) is 58.2 Å². The molecule has 0 spiro atoms. The second-order valence-corrected chi connectivity index (χ2v) is 6.51. The maximum absolute atomic E-state index is 13.6. The Hall–Kier alpha value is -3.15. The van der Waals surface area contributed by atoms with Gasteiger partial charge in [0.05, 0.1) is 10.6 Å². The lowest BCUT2D eigenvalue weighted by Gasteiger charge is -2.26. The van der Waals surface area contributed by atoms with Crippen LogP contribution < -0.4 is 5.32 Å². The number of hydrogen-bond donors (Lipinski definition) is 3. The van der Waals surface area contributed by atoms with E-state index in [9.17, 15) is 14.6 Å². The minimum absolute atomic E-state index is 0.0165. The fraction of sp³-hybridized carbons (Fsp3) is 0.211. The molecule has 3 aromatic rings. The smallest absolute Gasteiger partial charge is 0.269 e. The van der Waals surface area contributed by atoms with Gasteiger partial charge in [0.2, 0.25) is 11.6 Å². The molecule has 9 heteroatoms. The molecular formula is C19H16ClFN4O3. The summed E-state index contributed by atoms with van der Waals surface area (Å²) in [4.78, 5) is 0. The summed E-state index contributed by atoms with van der Waals surface area (Å²) < 4.78 is 19.1. The molecule has 144 valence electrons. The summed E-state index contributed by atoms with van der Waals surface area (Å²) >= 11 is 6.18. The van der Waals surface area contributed by atoms with Crippen molar-refractivity contribution in [2.45, 2.75) is 26.0 Å². The van der Waals surface area contributed by atoms with E-state index in [0.29, 0.717) is 16.8 Å². The van der Waals surface area contributed by atoms with Gasteiger partial charge in [-0.25, -0.2) is 4.39 Å². The van der Waals surface area contributed by atoms with E-state index in [-0.39, 0.29) is 28.8 Å². The van der Waals surface area contributed by atoms with Crippen LogP contribution in [0.5, 0.6) is 5.75 Å². The molecule has 0 fully saturated rings. The summed E-state index contributed by atoms with van der Waals surface area (Å²) in [5.41, 5.74) is -0.0795. The monoisotopic (exact) mass is 402 g/mol. The van der Waals surface area contributed by atoms with E-state index < -0.39 is 17.3 Å². The first kappa shape index (κ1) is 19.6. The lowest BCUT2D eigenvalue weighted by molar-refractivity contribution is 0.0347. The number of anilines is 1. The highest BCUT2D eigenvalue weighted by Crippen LogP contribution is 2.33. The SMILES string of the molecule is CC[C@](O)(Nc1ccc(C#N)c(Cl)c1C)c1nnc(-c2ccc(O)c(F)c2)o1. The molecule has 0 saturated heterocycles. The molecule has 3 N–H and O–H groups in total. The van der Waals surface area contributed by atoms with Crippen molar-refractivity contribution in [3.63, 3.8) is 0 Å². The Morgan fingerprint density at radius 1 is 1.32 bits per heavy atom. The molecule has 28 heavy (non-hydrogen) atoms. The molecule has 0 bridgehead atoms. The minimum atomic E-state index is -1.72. The van der Waals surface area contributed by atoms with E-state index in [1.54, 1.807) is 19.9 Å². The van der Waals surface area contributed by atoms with Gasteiger partial charge in [0.25, 0.3) is 5.89 Å². The van der Waals surface area contributed by atoms with Gasteiger partial charge in [-0.1, -0.05) is 18.5 Å². The summed E-state index contributed by atoms with van der Waals surface area (Å²) in [5, 5.41) is 40.3. The van der Waals surface area contributed by atoms with E-state index in [0.717, 1.165) is 6.07 Å². The molecule has 2 aromatic carbocycles. The van der Waals surface area contributed by atoms with E-state index in [1.165, 1.54) is 18.2 Å². The average Bonchev–Trinajstić information content (AvgIpc) is 3.19. The standard InChI is InChI=1S/C19H16ClFN4O3/c1-3-19(27,23-14-6-4-12(9-22)16(20)10(14)2)18-25-24-17(28-18)11-5-7-15(26)13(21)8-11/h4-8,23,26-27H,3H2,1-2H3/t19-/m1/s1. The number of nitrogens with zero attached hydrogens (tertiary/aromatic N) is 3. The van der Waals surface area contributed by atoms with Crippen LogP contribution in [0.2, 0.25) is 5.02 Å². The molecule has 0 unspecified atom stereocenters. The van der Waals surface area contributed by atoms with Gasteiger partial charge in [-0.2, -0.15) is 5.26 Å². The number of nitrogens with one attached hydrogen (secondary N) is 1. The highest BCUT2D eigenvalue weighted by Gasteiger charge is 2.34. The molecule has 1 aromatic heterocycles. The Morgan fingerprint density at radius 2 is 2.07 bits per heavy atom. The Labute approximate surface area is 165 Å². The summed E-state index contributed by atoms with van der Waals surface area (Å²) in [7, 11) is 0. The third kappa shape index (κ3) is 3.50. The summed E-state index contributed by atoms with van der Waals surface area (Å²) in [5.74, 6) is -1.47. The van der Waals surface area contributed by atoms with Gasteiger partial charge in [0, 0.05) is 17.7 Å². The lowest BCUT2D eigenvalue weighted by Crippen LogP contribution is -2.35. The Balaban J connectivity index is 1.95. The lowest BCUT2D eigenvalue weighted by atomic mass is 10.1. The average molecular weight is 403 g/mol. The maximum atomic E-state index is 13.6. The topological polar surface area (TPSA) is 115 Å². The molecular weight excluding hydrogens is 387 g/mol. The van der Waals surface area contributed by atoms with Crippen molar-refractivity contribution in [2.75, 3.05) is 5.32 Å². The number of phenols is 1. The second-order valence-electron chi connectivity index (χ2n) is 6.13. The van der Waals surface area contributed by atoms with Crippen LogP contribution in [0.1, 0.15) is 30.4 Å². The molecule has 0 aliphatic carbocycles. The zero-order valence-electron chi connectivity index (χ0n) is 15.0. The van der Waals surface area contributed by atoms with Crippen LogP contribution in [0, 0.1) is 24.1 Å². The third-order valence-corrected chi connectivity index (χ3v) is 4.82. The van der Waals surface area contributed by atoms with Crippen molar-refractivity contribution in [1.29, 1.82) is 5.26 Å². The van der Waals surface area contributed by atoms with Crippen LogP contribution in [0.3, 0.4) is 0 Å². The zero-order valence-corrected chi connectivity index (χ0v) is 15.8. The molecule has 0 aliphatic heterocycles. The number of benzene rings is 2. The zero-order chi connectivity index (χ0) is 20.5. The fourth-order valence-electron chi connectivity index (χ4n) is 2.57. The number of nitriles is 1. The van der Waals surface area contributed by atoms with E-state index in [4.69, 9.17) is 21.3 Å². The molecule has 0 radical (unpaired) electrons. The molecule has 1 atom stereocenters. The number of phenolic OH excluding ortho intramolecular Hbond substituents is 1. The van der Waals surface area contributed by atoms with Gasteiger partial charge < -0.3 is 19.9 Å². The van der Waals surface area contributed by atoms with Gasteiger partial charge in [-0.05, 0) is 42.8 Å². The van der Waals surface area contributed by atoms with E-state index in [2.05, 4.69) is 15.5 Å². The van der Waals surface area contributed by atoms with Crippen molar-refractivity contribution < 1.29 is 19.0 Å². The molecule has 0 aliphatic rings. The largest absolute Gasteiger partial charge is 0.505 e. The molecule has 3 rings (SSSR count). The van der Waals surface area contributed by atoms with Crippen molar-refractivity contribution in [3.8, 4) is 23.3 Å². The van der Waals surface area contributed by atoms with Crippen LogP contribution in [0.25, 0.3) is 11.5 Å². The molecule has 7 nitrogen and oxygen atoms in total. The Bertz CT molecular complexity index is 1080. The summed E-state index contributed by atoms with van der Waals surface area (Å²) in [6.45, 7) is 3.41. The first-order chi connectivity index (χ1) is 13.3. The van der Waals surface area contributed by atoms with Crippen LogP contribution in [0.4, 0.5) is 10.1 Å². The van der Waals surface area contributed by atoms with Gasteiger partial charge in [-0.15, -0.1) is 10.2 Å². The van der Waals surface area contributed by atoms with Crippen LogP contribution in [0.15, 0.2) is 34.7 Å². The second kappa shape index (κ2) is 7.46. The van der Waals surface area contributed by atoms with Gasteiger partial charge in [-0.3, -0.25) is 0 Å². The maximum Gasteiger partial charge on any atom is 0.269 e. The van der Waals surface area contributed by atoms with Crippen molar-refractivity contribution >= 4 is 17.3 Å². The van der Waals surface area contributed by atoms with E-state index >= 15 is 0 Å². The Kier molecular flexibility index (Phi) is 5.23. The number of aromatic nitrogens is 2. The van der Waals surface area contributed by atoms with Gasteiger partial charge >= 0.3 is 0 Å². The first-order valence-electron chi connectivity index (χ1n) is 8.31. The number of halogens is 2. The Morgan fingerprint density at radius 3 is 2.71 bits per heavy atom. The normalized spacial score (nSPS) is 13.0. The van der Waals surface area contributed by atoms with Crippen LogP contribution >= 0.6 is 11.6 Å². The van der Waals surface area contributed by atoms with Crippen LogP contribution in [-0.2, 0) is 5.72 Å². The fourth-order valence-corrected chi connectivity index (χ4v) is 2.78. The van der Waals surface area contributed by atoms with Gasteiger partial charge in [0.1, 0.15) is 6.07 Å². The van der Waals surface area contributed by atoms with Gasteiger partial charge in [0.15, 0.2) is 11.6 Å². The number of hydrogen-bond acceptors (Lipinski definition) is 7. The molecule has 0 saturated carbocycles. The minimum Gasteiger partial charge on any atom is -0.505 e. The van der Waals surface area contributed by atoms with E-state index in [1.807, 2.05) is 6.07 Å². The predicted molar refractivity (Wildman–Crippen MR) is 100 cm³/mol. The van der Waals surface area contributed by atoms with Crippen molar-refractivity contribution in [2.24, 2.45) is 0 Å². The highest BCUT2D eigenvalue weighted by molar-refractivity contribution is 6.32. The number of aliphatic hydroxyl groups is 1. The number of aromatic hydroxyl groups is 1. The first-order valence-corrected chi connectivity index (χ1v) is 8.69. The number of rotatable bonds is 5. The molecule has 0 amide bonds. The predicted octanol–water partition coefficient (Wildman–Crippen LogP) is 4.08. The summed E-state index contributed by atoms with van der Waals surface area (Å²) in [6, 6.07) is 8.78. The molecule has 1 heterocycles. The highest BCUT2D eigenvalue weighted by atomic mass is 35.5. The summed E-state index contributed by atoms with van der Waals surface area (Å²) in [6.07, 6.45) is 0.162. The quantitative estimate of drug-likeness (QED) is 0.550. The van der Waals surface area contributed by atoms with Crippen molar-refractivity contribution in [1.82, 2.24) is 10.2 Å². The van der Waals surface area contributed by atoms with Crippen LogP contribution in [-0.4, -0.2) is 20.4 Å².